The number of benzene rings is 4. The van der Waals surface area contributed by atoms with E-state index in [0.29, 0.717) is 29.9 Å². The van der Waals surface area contributed by atoms with Gasteiger partial charge in [0.2, 0.25) is 0 Å². The number of aliphatic hydroxyl groups is 1. The van der Waals surface area contributed by atoms with Crippen molar-refractivity contribution in [2.75, 3.05) is 20.8 Å². The molecule has 0 radical (unpaired) electrons. The Morgan fingerprint density at radius 3 is 1.69 bits per heavy atom. The Kier molecular flexibility index (Phi) is 13.9. The number of rotatable bonds is 12. The Hall–Kier alpha value is -5.24. The molecule has 0 aromatic heterocycles. The number of phenols is 1. The summed E-state index contributed by atoms with van der Waals surface area (Å²) in [5.74, 6) is 0.00997. The predicted octanol–water partition coefficient (Wildman–Crippen LogP) is 7.20. The van der Waals surface area contributed by atoms with E-state index in [9.17, 15) is 41.0 Å². The second kappa shape index (κ2) is 17.6. The summed E-state index contributed by atoms with van der Waals surface area (Å²) >= 11 is 0. The van der Waals surface area contributed by atoms with Crippen molar-refractivity contribution >= 4 is 11.9 Å². The van der Waals surface area contributed by atoms with Gasteiger partial charge >= 0.3 is 24.3 Å². The zero-order chi connectivity index (χ0) is 37.8. The maximum absolute atomic E-state index is 13.3. The highest BCUT2D eigenvalue weighted by atomic mass is 19.4. The van der Waals surface area contributed by atoms with Gasteiger partial charge in [-0.1, -0.05) is 60.7 Å². The van der Waals surface area contributed by atoms with Crippen molar-refractivity contribution in [1.82, 2.24) is 0 Å². The molecule has 0 heterocycles. The second-order valence-electron chi connectivity index (χ2n) is 11.2. The summed E-state index contributed by atoms with van der Waals surface area (Å²) in [5.41, 5.74) is -4.04. The molecule has 4 aromatic carbocycles. The monoisotopic (exact) mass is 722 g/mol. The van der Waals surface area contributed by atoms with Crippen LogP contribution in [0.25, 0.3) is 0 Å². The second-order valence-corrected chi connectivity index (χ2v) is 11.2. The highest BCUT2D eigenvalue weighted by molar-refractivity contribution is 5.72. The number of methoxy groups -OCH3 is 2. The van der Waals surface area contributed by atoms with Gasteiger partial charge in [-0.15, -0.1) is 0 Å². The minimum atomic E-state index is -5.99. The molecule has 4 rings (SSSR count). The van der Waals surface area contributed by atoms with Gasteiger partial charge in [0.1, 0.15) is 30.0 Å². The Morgan fingerprint density at radius 1 is 0.706 bits per heavy atom. The molecule has 0 aliphatic rings. The van der Waals surface area contributed by atoms with Gasteiger partial charge in [-0.05, 0) is 65.6 Å². The van der Waals surface area contributed by atoms with Crippen LogP contribution in [-0.4, -0.2) is 61.4 Å². The molecule has 0 amide bonds. The molecule has 0 spiro atoms. The molecule has 0 aliphatic carbocycles. The number of halogens is 6. The van der Waals surface area contributed by atoms with Gasteiger partial charge in [0.05, 0.1) is 27.1 Å². The number of carbonyl (C=O) groups excluding carboxylic acids is 2. The zero-order valence-corrected chi connectivity index (χ0v) is 27.8. The van der Waals surface area contributed by atoms with Crippen LogP contribution in [0.3, 0.4) is 0 Å². The number of ether oxygens (including phenoxy) is 4. The molecule has 0 saturated heterocycles. The number of carbonyl (C=O) groups is 2. The van der Waals surface area contributed by atoms with Crippen LogP contribution in [0, 0.1) is 6.92 Å². The van der Waals surface area contributed by atoms with Crippen LogP contribution in [0.2, 0.25) is 0 Å². The quantitative estimate of drug-likeness (QED) is 0.117. The lowest BCUT2D eigenvalue weighted by Gasteiger charge is -2.33. The van der Waals surface area contributed by atoms with E-state index in [-0.39, 0.29) is 42.5 Å². The minimum absolute atomic E-state index is 0.0124. The van der Waals surface area contributed by atoms with E-state index in [2.05, 4.69) is 9.47 Å². The number of phenolic OH excluding ortho intramolecular Hbond substituents is 1. The Balaban J connectivity index is 0.000000493. The van der Waals surface area contributed by atoms with E-state index in [1.165, 1.54) is 33.3 Å². The Morgan fingerprint density at radius 2 is 1.22 bits per heavy atom. The predicted molar refractivity (Wildman–Crippen MR) is 173 cm³/mol. The van der Waals surface area contributed by atoms with Crippen molar-refractivity contribution < 1.29 is 65.1 Å². The molecule has 0 fully saturated rings. The molecule has 2 N–H and O–H groups in total. The molecule has 51 heavy (non-hydrogen) atoms. The average molecular weight is 723 g/mol. The molecule has 14 heteroatoms. The average Bonchev–Trinajstić information content (AvgIpc) is 3.09. The maximum Gasteiger partial charge on any atom is 0.430 e. The topological polar surface area (TPSA) is 112 Å². The van der Waals surface area contributed by atoms with Crippen molar-refractivity contribution in [3.05, 3.63) is 125 Å². The molecular weight excluding hydrogens is 686 g/mol. The first kappa shape index (κ1) is 40.2. The molecule has 0 aliphatic heterocycles. The van der Waals surface area contributed by atoms with Crippen LogP contribution in [0.1, 0.15) is 27.8 Å². The molecule has 0 unspecified atom stereocenters. The molecule has 1 atom stereocenters. The Labute approximate surface area is 290 Å². The molecule has 8 nitrogen and oxygen atoms in total. The number of alkyl halides is 6. The normalized spacial score (nSPS) is 12.2. The lowest BCUT2D eigenvalue weighted by atomic mass is 9.91. The van der Waals surface area contributed by atoms with Crippen LogP contribution in [0.4, 0.5) is 26.3 Å². The third-order valence-corrected chi connectivity index (χ3v) is 7.46. The third kappa shape index (κ3) is 11.4. The van der Waals surface area contributed by atoms with Gasteiger partial charge in [-0.3, -0.25) is 9.59 Å². The summed E-state index contributed by atoms with van der Waals surface area (Å²) in [6, 6.07) is 24.3. The summed E-state index contributed by atoms with van der Waals surface area (Å²) in [6.45, 7) is 1.27. The van der Waals surface area contributed by atoms with Gasteiger partial charge in [0.15, 0.2) is 0 Å². The van der Waals surface area contributed by atoms with E-state index >= 15 is 0 Å². The van der Waals surface area contributed by atoms with Crippen molar-refractivity contribution in [3.63, 3.8) is 0 Å². The van der Waals surface area contributed by atoms with Crippen molar-refractivity contribution in [1.29, 1.82) is 0 Å². The third-order valence-electron chi connectivity index (χ3n) is 7.46. The van der Waals surface area contributed by atoms with Gasteiger partial charge in [0, 0.05) is 12.0 Å². The van der Waals surface area contributed by atoms with Gasteiger partial charge < -0.3 is 29.2 Å². The first-order valence-electron chi connectivity index (χ1n) is 15.3. The summed E-state index contributed by atoms with van der Waals surface area (Å²) in [7, 11) is 2.64. The number of esters is 2. The lowest BCUT2D eigenvalue weighted by Crippen LogP contribution is -2.53. The molecule has 4 aromatic rings. The van der Waals surface area contributed by atoms with Gasteiger partial charge in [-0.2, -0.15) is 26.3 Å². The highest BCUT2D eigenvalue weighted by Crippen LogP contribution is 2.50. The summed E-state index contributed by atoms with van der Waals surface area (Å²) in [5, 5.41) is 18.6. The summed E-state index contributed by atoms with van der Waals surface area (Å²) in [4.78, 5) is 22.2. The molecule has 0 bridgehead atoms. The van der Waals surface area contributed by atoms with Crippen LogP contribution >= 0.6 is 0 Å². The van der Waals surface area contributed by atoms with Gasteiger partial charge in [0.25, 0.3) is 5.60 Å². The summed E-state index contributed by atoms with van der Waals surface area (Å²) in [6.07, 6.45) is -12.0. The lowest BCUT2D eigenvalue weighted by molar-refractivity contribution is -0.376. The number of aromatic hydroxyl groups is 1. The van der Waals surface area contributed by atoms with E-state index in [0.717, 1.165) is 17.2 Å². The Bertz CT molecular complexity index is 1690. The van der Waals surface area contributed by atoms with Crippen LogP contribution in [-0.2, 0) is 43.9 Å². The fourth-order valence-corrected chi connectivity index (χ4v) is 4.67. The minimum Gasteiger partial charge on any atom is -0.508 e. The number of aryl methyl sites for hydroxylation is 1. The van der Waals surface area contributed by atoms with E-state index in [1.807, 2.05) is 30.3 Å². The number of hydrogen-bond acceptors (Lipinski definition) is 8. The number of hydrogen-bond donors (Lipinski definition) is 2. The maximum atomic E-state index is 13.3. The molecule has 274 valence electrons. The van der Waals surface area contributed by atoms with Crippen LogP contribution in [0.15, 0.2) is 97.1 Å². The van der Waals surface area contributed by atoms with Crippen LogP contribution < -0.4 is 9.47 Å². The van der Waals surface area contributed by atoms with E-state index in [4.69, 9.17) is 14.6 Å². The highest BCUT2D eigenvalue weighted by Gasteiger charge is 2.71. The van der Waals surface area contributed by atoms with Gasteiger partial charge in [-0.25, -0.2) is 0 Å². The fourth-order valence-electron chi connectivity index (χ4n) is 4.67. The SMILES string of the molecule is COC(=O)Cc1ccc(O)cc1.COC(=O)Cc1ccc(OC[C@H](Cc2ccccc2)Oc2ccc(C(O)(C(F)(F)F)C(F)(F)F)cc2C)cc1. The molecular formula is C37H36F6O8. The molecule has 0 saturated carbocycles. The van der Waals surface area contributed by atoms with Crippen molar-refractivity contribution in [2.24, 2.45) is 0 Å². The first-order chi connectivity index (χ1) is 24.0. The zero-order valence-electron chi connectivity index (χ0n) is 27.8. The van der Waals surface area contributed by atoms with E-state index < -0.39 is 35.6 Å². The van der Waals surface area contributed by atoms with E-state index in [1.54, 1.807) is 36.4 Å². The van der Waals surface area contributed by atoms with Crippen LogP contribution in [0.5, 0.6) is 17.2 Å². The van der Waals surface area contributed by atoms with Crippen molar-refractivity contribution in [2.45, 2.75) is 50.2 Å². The smallest absolute Gasteiger partial charge is 0.430 e. The fraction of sp³-hybridized carbons (Fsp3) is 0.297. The summed E-state index contributed by atoms with van der Waals surface area (Å²) < 4.78 is 101. The largest absolute Gasteiger partial charge is 0.508 e. The van der Waals surface area contributed by atoms with Crippen molar-refractivity contribution in [3.8, 4) is 17.2 Å². The first-order valence-corrected chi connectivity index (χ1v) is 15.3. The standard InChI is InChI=1S/C28H26F6O5.C9H10O3/c1-18-14-21(26(36,27(29,30)31)28(32,33)34)10-13-24(18)39-23(15-19-6-4-3-5-7-19)17-38-22-11-8-20(9-12-22)16-25(35)37-2;1-12-9(11)6-7-2-4-8(10)5-3-7/h3-14,23,36H,15-17H2,1-2H3;2-5,10H,6H2,1H3/t23-;/m0./s1.